The van der Waals surface area contributed by atoms with Crippen LogP contribution < -0.4 is 10.6 Å². The van der Waals surface area contributed by atoms with Crippen molar-refractivity contribution in [1.29, 1.82) is 5.26 Å². The second kappa shape index (κ2) is 11.7. The number of nitrogens with two attached hydrogens (primary N) is 1. The highest BCUT2D eigenvalue weighted by Gasteiger charge is 2.46. The smallest absolute Gasteiger partial charge is 0.384 e. The van der Waals surface area contributed by atoms with Gasteiger partial charge in [0, 0.05) is 28.3 Å². The standard InChI is InChI=1S/C35H33ClF3N3OS/c1-19-6-9-24(10-7-19)44-18-22-12-20(2)13-25(21(22)3)31-26(17-40)33(41)42(29-15-34(4,5)16-30(43)32(29)31)28-14-23(35(37,38)39)8-11-27(28)36/h6-14,31H,15-16,18,41H2,1-5H3. The highest BCUT2D eigenvalue weighted by molar-refractivity contribution is 7.98. The molecule has 0 bridgehead atoms. The number of thioether (sulfide) groups is 1. The molecular formula is C35H33ClF3N3OS. The molecule has 3 aromatic carbocycles. The van der Waals surface area contributed by atoms with Crippen molar-refractivity contribution in [2.24, 2.45) is 11.1 Å². The van der Waals surface area contributed by atoms with E-state index in [4.69, 9.17) is 17.3 Å². The largest absolute Gasteiger partial charge is 0.416 e. The number of alkyl halides is 3. The van der Waals surface area contributed by atoms with Crippen LogP contribution in [-0.2, 0) is 16.7 Å². The average Bonchev–Trinajstić information content (AvgIpc) is 2.93. The van der Waals surface area contributed by atoms with Crippen molar-refractivity contribution in [3.05, 3.63) is 116 Å². The fourth-order valence-electron chi connectivity index (χ4n) is 6.16. The van der Waals surface area contributed by atoms with Crippen molar-refractivity contribution in [3.63, 3.8) is 0 Å². The Morgan fingerprint density at radius 2 is 1.73 bits per heavy atom. The second-order valence-electron chi connectivity index (χ2n) is 12.4. The van der Waals surface area contributed by atoms with Gasteiger partial charge in [-0.15, -0.1) is 11.8 Å². The molecule has 0 fully saturated rings. The highest BCUT2D eigenvalue weighted by atomic mass is 35.5. The van der Waals surface area contributed by atoms with Crippen LogP contribution in [-0.4, -0.2) is 5.78 Å². The van der Waals surface area contributed by atoms with Crippen LogP contribution in [0.4, 0.5) is 18.9 Å². The lowest BCUT2D eigenvalue weighted by Gasteiger charge is -2.44. The molecule has 0 spiro atoms. The predicted octanol–water partition coefficient (Wildman–Crippen LogP) is 9.52. The number of benzene rings is 3. The van der Waals surface area contributed by atoms with Crippen LogP contribution >= 0.6 is 23.4 Å². The van der Waals surface area contributed by atoms with E-state index in [0.717, 1.165) is 39.3 Å². The van der Waals surface area contributed by atoms with Gasteiger partial charge in [0.05, 0.1) is 33.8 Å². The fraction of sp³-hybridized carbons (Fsp3) is 0.314. The normalized spacial score (nSPS) is 18.4. The van der Waals surface area contributed by atoms with E-state index in [2.05, 4.69) is 36.4 Å². The molecule has 9 heteroatoms. The number of hydrogen-bond donors (Lipinski definition) is 1. The van der Waals surface area contributed by atoms with Crippen LogP contribution in [0, 0.1) is 37.5 Å². The SMILES string of the molecule is Cc1ccc(SCc2cc(C)cc(C3C(C#N)=C(N)N(c4cc(C(F)(F)F)ccc4Cl)C4=C3C(=O)CC(C)(C)C4)c2C)cc1. The zero-order valence-corrected chi connectivity index (χ0v) is 26.8. The minimum Gasteiger partial charge on any atom is -0.384 e. The first-order chi connectivity index (χ1) is 20.6. The fourth-order valence-corrected chi connectivity index (χ4v) is 7.32. The van der Waals surface area contributed by atoms with E-state index in [1.807, 2.05) is 40.7 Å². The molecule has 44 heavy (non-hydrogen) atoms. The van der Waals surface area contributed by atoms with E-state index >= 15 is 0 Å². The van der Waals surface area contributed by atoms with Gasteiger partial charge in [0.2, 0.25) is 0 Å². The minimum atomic E-state index is -4.63. The van der Waals surface area contributed by atoms with Gasteiger partial charge in [-0.25, -0.2) is 0 Å². The van der Waals surface area contributed by atoms with Crippen LogP contribution in [0.5, 0.6) is 0 Å². The molecule has 1 aliphatic heterocycles. The topological polar surface area (TPSA) is 70.1 Å². The zero-order valence-electron chi connectivity index (χ0n) is 25.2. The maximum Gasteiger partial charge on any atom is 0.416 e. The van der Waals surface area contributed by atoms with Gasteiger partial charge in [-0.2, -0.15) is 18.4 Å². The summed E-state index contributed by atoms with van der Waals surface area (Å²) in [6, 6.07) is 17.6. The van der Waals surface area contributed by atoms with Crippen molar-refractivity contribution in [2.75, 3.05) is 4.90 Å². The number of rotatable bonds is 5. The molecule has 0 amide bonds. The van der Waals surface area contributed by atoms with Crippen molar-refractivity contribution in [1.82, 2.24) is 0 Å². The van der Waals surface area contributed by atoms with E-state index in [0.29, 0.717) is 23.4 Å². The quantitative estimate of drug-likeness (QED) is 0.283. The van der Waals surface area contributed by atoms with Crippen LogP contribution in [0.3, 0.4) is 0 Å². The molecule has 0 aromatic heterocycles. The molecule has 228 valence electrons. The van der Waals surface area contributed by atoms with Gasteiger partial charge in [-0.1, -0.05) is 60.8 Å². The first kappa shape index (κ1) is 31.7. The predicted molar refractivity (Wildman–Crippen MR) is 170 cm³/mol. The zero-order chi connectivity index (χ0) is 32.1. The summed E-state index contributed by atoms with van der Waals surface area (Å²) < 4.78 is 41.4. The molecule has 1 unspecified atom stereocenters. The summed E-state index contributed by atoms with van der Waals surface area (Å²) in [6.07, 6.45) is -4.04. The summed E-state index contributed by atoms with van der Waals surface area (Å²) in [7, 11) is 0. The van der Waals surface area contributed by atoms with E-state index in [1.54, 1.807) is 11.8 Å². The molecule has 3 aromatic rings. The number of halogens is 4. The number of allylic oxidation sites excluding steroid dienone is 3. The number of hydrogen-bond acceptors (Lipinski definition) is 5. The lowest BCUT2D eigenvalue weighted by molar-refractivity contribution is -0.137. The Balaban J connectivity index is 1.70. The molecule has 5 rings (SSSR count). The first-order valence-corrected chi connectivity index (χ1v) is 15.6. The van der Waals surface area contributed by atoms with Crippen LogP contribution in [0.15, 0.2) is 82.2 Å². The Morgan fingerprint density at radius 1 is 1.05 bits per heavy atom. The molecule has 1 aliphatic carbocycles. The van der Waals surface area contributed by atoms with Gasteiger partial charge in [-0.3, -0.25) is 9.69 Å². The van der Waals surface area contributed by atoms with Crippen molar-refractivity contribution in [3.8, 4) is 6.07 Å². The molecule has 1 atom stereocenters. The van der Waals surface area contributed by atoms with Gasteiger partial charge in [-0.05, 0) is 79.6 Å². The van der Waals surface area contributed by atoms with Gasteiger partial charge >= 0.3 is 6.18 Å². The first-order valence-electron chi connectivity index (χ1n) is 14.2. The number of anilines is 1. The van der Waals surface area contributed by atoms with Crippen molar-refractivity contribution < 1.29 is 18.0 Å². The van der Waals surface area contributed by atoms with E-state index in [1.165, 1.54) is 16.5 Å². The number of nitriles is 1. The summed E-state index contributed by atoms with van der Waals surface area (Å²) in [5.41, 5.74) is 11.2. The van der Waals surface area contributed by atoms with Gasteiger partial charge < -0.3 is 5.73 Å². The Labute approximate surface area is 265 Å². The lowest BCUT2D eigenvalue weighted by Crippen LogP contribution is -2.42. The number of carbonyl (C=O) groups excluding carboxylic acids is 1. The summed E-state index contributed by atoms with van der Waals surface area (Å²) in [5, 5.41) is 10.6. The highest BCUT2D eigenvalue weighted by Crippen LogP contribution is 2.52. The molecule has 2 aliphatic rings. The van der Waals surface area contributed by atoms with Crippen LogP contribution in [0.25, 0.3) is 0 Å². The Bertz CT molecular complexity index is 1770. The van der Waals surface area contributed by atoms with Crippen LogP contribution in [0.2, 0.25) is 5.02 Å². The second-order valence-corrected chi connectivity index (χ2v) is 13.8. The number of nitrogens with zero attached hydrogens (tertiary/aromatic N) is 2. The molecule has 4 nitrogen and oxygen atoms in total. The van der Waals surface area contributed by atoms with Crippen molar-refractivity contribution in [2.45, 2.75) is 70.2 Å². The maximum absolute atomic E-state index is 14.0. The minimum absolute atomic E-state index is 0.0145. The molecule has 0 radical (unpaired) electrons. The van der Waals surface area contributed by atoms with Gasteiger partial charge in [0.1, 0.15) is 5.82 Å². The molecule has 0 saturated heterocycles. The molecule has 2 N–H and O–H groups in total. The van der Waals surface area contributed by atoms with Gasteiger partial charge in [0.25, 0.3) is 0 Å². The summed E-state index contributed by atoms with van der Waals surface area (Å²) >= 11 is 8.21. The third kappa shape index (κ3) is 6.00. The molecular weight excluding hydrogens is 603 g/mol. The van der Waals surface area contributed by atoms with E-state index in [-0.39, 0.29) is 34.3 Å². The third-order valence-corrected chi connectivity index (χ3v) is 9.70. The van der Waals surface area contributed by atoms with Crippen molar-refractivity contribution >= 4 is 34.8 Å². The molecule has 0 saturated carbocycles. The summed E-state index contributed by atoms with van der Waals surface area (Å²) in [4.78, 5) is 16.6. The van der Waals surface area contributed by atoms with Gasteiger partial charge in [0.15, 0.2) is 5.78 Å². The summed E-state index contributed by atoms with van der Waals surface area (Å²) in [5.74, 6) is -0.274. The van der Waals surface area contributed by atoms with Crippen LogP contribution in [0.1, 0.15) is 66.0 Å². The third-order valence-electron chi connectivity index (χ3n) is 8.32. The van der Waals surface area contributed by atoms with E-state index in [9.17, 15) is 23.2 Å². The number of aryl methyl sites for hydroxylation is 2. The van der Waals surface area contributed by atoms with E-state index < -0.39 is 23.1 Å². The molecule has 1 heterocycles. The number of ketones is 1. The Morgan fingerprint density at radius 3 is 2.36 bits per heavy atom. The monoisotopic (exact) mass is 635 g/mol. The number of Topliss-reactive ketones (excluding diaryl/α,β-unsaturated/α-hetero) is 1. The average molecular weight is 636 g/mol. The number of carbonyl (C=O) groups is 1. The Kier molecular flexibility index (Phi) is 8.43. The Hall–Kier alpha value is -3.67. The lowest BCUT2D eigenvalue weighted by atomic mass is 9.68. The summed E-state index contributed by atoms with van der Waals surface area (Å²) in [6.45, 7) is 9.88. The maximum atomic E-state index is 14.0.